The summed E-state index contributed by atoms with van der Waals surface area (Å²) in [5.41, 5.74) is 2.80. The molecule has 0 amide bonds. The van der Waals surface area contributed by atoms with Crippen LogP contribution in [0.3, 0.4) is 0 Å². The zero-order chi connectivity index (χ0) is 20.6. The summed E-state index contributed by atoms with van der Waals surface area (Å²) in [7, 11) is 3.98. The van der Waals surface area contributed by atoms with Crippen LogP contribution in [0, 0.1) is 10.1 Å². The lowest BCUT2D eigenvalue weighted by atomic mass is 9.93. The predicted molar refractivity (Wildman–Crippen MR) is 116 cm³/mol. The van der Waals surface area contributed by atoms with Crippen molar-refractivity contribution in [3.05, 3.63) is 112 Å². The first-order valence-corrected chi connectivity index (χ1v) is 9.43. The average Bonchev–Trinajstić information content (AvgIpc) is 2.73. The monoisotopic (exact) mass is 388 g/mol. The number of nitrogens with zero attached hydrogens (tertiary/aromatic N) is 2. The molecule has 29 heavy (non-hydrogen) atoms. The summed E-state index contributed by atoms with van der Waals surface area (Å²) in [4.78, 5) is 13.8. The van der Waals surface area contributed by atoms with Gasteiger partial charge >= 0.3 is 0 Å². The van der Waals surface area contributed by atoms with Gasteiger partial charge in [-0.15, -0.1) is 0 Å². The SMILES string of the molecule is CN(C)CCOc1ccc(/C(=C(\c2ccccc2)[N+](=O)[O-])c2ccccc2)cc1. The van der Waals surface area contributed by atoms with Crippen molar-refractivity contribution in [1.82, 2.24) is 4.90 Å². The number of hydrogen-bond donors (Lipinski definition) is 0. The second-order valence-electron chi connectivity index (χ2n) is 6.89. The zero-order valence-electron chi connectivity index (χ0n) is 16.6. The van der Waals surface area contributed by atoms with Crippen molar-refractivity contribution in [2.75, 3.05) is 27.2 Å². The van der Waals surface area contributed by atoms with Crippen LogP contribution in [-0.2, 0) is 0 Å². The molecule has 5 heteroatoms. The standard InChI is InChI=1S/C24H24N2O3/c1-25(2)17-18-29-22-15-13-20(14-16-22)23(19-9-5-3-6-10-19)24(26(27)28)21-11-7-4-8-12-21/h3-16H,17-18H2,1-2H3/b24-23+. The number of hydrogen-bond acceptors (Lipinski definition) is 4. The molecule has 3 rings (SSSR count). The maximum atomic E-state index is 12.1. The van der Waals surface area contributed by atoms with Gasteiger partial charge in [0.05, 0.1) is 16.1 Å². The smallest absolute Gasteiger partial charge is 0.284 e. The van der Waals surface area contributed by atoms with E-state index in [0.717, 1.165) is 23.4 Å². The van der Waals surface area contributed by atoms with Crippen molar-refractivity contribution >= 4 is 11.3 Å². The topological polar surface area (TPSA) is 55.6 Å². The van der Waals surface area contributed by atoms with Gasteiger partial charge in [0.1, 0.15) is 12.4 Å². The molecular formula is C24H24N2O3. The van der Waals surface area contributed by atoms with Crippen molar-refractivity contribution in [2.24, 2.45) is 0 Å². The summed E-state index contributed by atoms with van der Waals surface area (Å²) in [6.45, 7) is 1.40. The highest BCUT2D eigenvalue weighted by molar-refractivity contribution is 5.95. The zero-order valence-corrected chi connectivity index (χ0v) is 16.6. The minimum Gasteiger partial charge on any atom is -0.492 e. The van der Waals surface area contributed by atoms with Gasteiger partial charge in [-0.3, -0.25) is 10.1 Å². The second-order valence-corrected chi connectivity index (χ2v) is 6.89. The average molecular weight is 388 g/mol. The molecule has 148 valence electrons. The van der Waals surface area contributed by atoms with Crippen molar-refractivity contribution in [1.29, 1.82) is 0 Å². The van der Waals surface area contributed by atoms with Crippen molar-refractivity contribution < 1.29 is 9.66 Å². The summed E-state index contributed by atoms with van der Waals surface area (Å²) in [5.74, 6) is 0.741. The molecule has 0 saturated heterocycles. The molecule has 0 bridgehead atoms. The van der Waals surface area contributed by atoms with Gasteiger partial charge in [0.25, 0.3) is 5.70 Å². The summed E-state index contributed by atoms with van der Waals surface area (Å²) < 4.78 is 5.76. The van der Waals surface area contributed by atoms with E-state index in [2.05, 4.69) is 0 Å². The number of benzene rings is 3. The van der Waals surface area contributed by atoms with Crippen LogP contribution in [0.5, 0.6) is 5.75 Å². The van der Waals surface area contributed by atoms with Crippen molar-refractivity contribution in [2.45, 2.75) is 0 Å². The molecule has 0 spiro atoms. The number of ether oxygens (including phenoxy) is 1. The molecule has 0 aromatic heterocycles. The predicted octanol–water partition coefficient (Wildman–Crippen LogP) is 4.82. The number of rotatable bonds is 8. The highest BCUT2D eigenvalue weighted by Gasteiger charge is 2.23. The lowest BCUT2D eigenvalue weighted by Crippen LogP contribution is -2.19. The van der Waals surface area contributed by atoms with E-state index in [0.29, 0.717) is 17.7 Å². The van der Waals surface area contributed by atoms with Gasteiger partial charge in [0.2, 0.25) is 0 Å². The minimum absolute atomic E-state index is 0.0816. The van der Waals surface area contributed by atoms with Crippen LogP contribution < -0.4 is 4.74 Å². The molecule has 0 aliphatic rings. The Labute approximate surface area is 171 Å². The normalized spacial score (nSPS) is 11.8. The van der Waals surface area contributed by atoms with E-state index < -0.39 is 0 Å². The molecule has 0 aliphatic heterocycles. The van der Waals surface area contributed by atoms with Crippen LogP contribution in [-0.4, -0.2) is 37.1 Å². The molecule has 0 radical (unpaired) electrons. The Morgan fingerprint density at radius 1 is 0.828 bits per heavy atom. The third kappa shape index (κ3) is 5.30. The molecule has 0 atom stereocenters. The van der Waals surface area contributed by atoms with Gasteiger partial charge < -0.3 is 9.64 Å². The summed E-state index contributed by atoms with van der Waals surface area (Å²) in [6, 6.07) is 25.9. The third-order valence-corrected chi connectivity index (χ3v) is 4.48. The Morgan fingerprint density at radius 2 is 1.34 bits per heavy atom. The summed E-state index contributed by atoms with van der Waals surface area (Å²) >= 11 is 0. The second kappa shape index (κ2) is 9.66. The Kier molecular flexibility index (Phi) is 6.76. The van der Waals surface area contributed by atoms with Crippen LogP contribution >= 0.6 is 0 Å². The minimum atomic E-state index is -0.306. The molecule has 0 fully saturated rings. The molecule has 0 aliphatic carbocycles. The van der Waals surface area contributed by atoms with E-state index in [1.807, 2.05) is 91.8 Å². The highest BCUT2D eigenvalue weighted by Crippen LogP contribution is 2.33. The third-order valence-electron chi connectivity index (χ3n) is 4.48. The quantitative estimate of drug-likeness (QED) is 0.315. The lowest BCUT2D eigenvalue weighted by Gasteiger charge is -2.13. The van der Waals surface area contributed by atoms with Crippen LogP contribution in [0.1, 0.15) is 16.7 Å². The maximum absolute atomic E-state index is 12.1. The van der Waals surface area contributed by atoms with Crippen molar-refractivity contribution in [3.8, 4) is 5.75 Å². The largest absolute Gasteiger partial charge is 0.492 e. The van der Waals surface area contributed by atoms with E-state index >= 15 is 0 Å². The first-order chi connectivity index (χ1) is 14.1. The highest BCUT2D eigenvalue weighted by atomic mass is 16.6. The van der Waals surface area contributed by atoms with Crippen LogP contribution in [0.15, 0.2) is 84.9 Å². The first-order valence-electron chi connectivity index (χ1n) is 9.43. The summed E-state index contributed by atoms with van der Waals surface area (Å²) in [6.07, 6.45) is 0. The van der Waals surface area contributed by atoms with Crippen LogP contribution in [0.4, 0.5) is 0 Å². The molecule has 0 saturated carbocycles. The first kappa shape index (κ1) is 20.3. The van der Waals surface area contributed by atoms with Gasteiger partial charge in [-0.05, 0) is 49.5 Å². The van der Waals surface area contributed by atoms with Gasteiger partial charge in [0.15, 0.2) is 0 Å². The van der Waals surface area contributed by atoms with Gasteiger partial charge in [-0.1, -0.05) is 60.7 Å². The fraction of sp³-hybridized carbons (Fsp3) is 0.167. The van der Waals surface area contributed by atoms with E-state index in [9.17, 15) is 10.1 Å². The molecule has 3 aromatic rings. The molecule has 5 nitrogen and oxygen atoms in total. The number of nitro groups is 1. The Morgan fingerprint density at radius 3 is 1.86 bits per heavy atom. The molecule has 0 N–H and O–H groups in total. The summed E-state index contributed by atoms with van der Waals surface area (Å²) in [5, 5.41) is 12.1. The van der Waals surface area contributed by atoms with Gasteiger partial charge in [0, 0.05) is 6.54 Å². The Balaban J connectivity index is 2.06. The Bertz CT molecular complexity index is 966. The van der Waals surface area contributed by atoms with Gasteiger partial charge in [-0.2, -0.15) is 0 Å². The van der Waals surface area contributed by atoms with Crippen molar-refractivity contribution in [3.63, 3.8) is 0 Å². The van der Waals surface area contributed by atoms with E-state index in [1.54, 1.807) is 12.1 Å². The Hall–Kier alpha value is -3.44. The van der Waals surface area contributed by atoms with E-state index in [1.165, 1.54) is 0 Å². The van der Waals surface area contributed by atoms with E-state index in [-0.39, 0.29) is 10.6 Å². The van der Waals surface area contributed by atoms with Crippen LogP contribution in [0.25, 0.3) is 11.3 Å². The fourth-order valence-corrected chi connectivity index (χ4v) is 3.05. The molecule has 0 unspecified atom stereocenters. The lowest BCUT2D eigenvalue weighted by molar-refractivity contribution is -0.374. The van der Waals surface area contributed by atoms with E-state index in [4.69, 9.17) is 4.74 Å². The van der Waals surface area contributed by atoms with Gasteiger partial charge in [-0.25, -0.2) is 0 Å². The fourth-order valence-electron chi connectivity index (χ4n) is 3.05. The maximum Gasteiger partial charge on any atom is 0.284 e. The van der Waals surface area contributed by atoms with Crippen LogP contribution in [0.2, 0.25) is 0 Å². The molecule has 0 heterocycles. The molecule has 3 aromatic carbocycles. The number of likely N-dealkylation sites (N-methyl/N-ethyl adjacent to an activating group) is 1. The molecular weight excluding hydrogens is 364 g/mol.